The van der Waals surface area contributed by atoms with Crippen molar-refractivity contribution >= 4 is 11.8 Å². The summed E-state index contributed by atoms with van der Waals surface area (Å²) in [6.07, 6.45) is 3.93. The molecule has 0 radical (unpaired) electrons. The van der Waals surface area contributed by atoms with E-state index in [1.165, 1.54) is 25.3 Å². The van der Waals surface area contributed by atoms with Crippen LogP contribution in [0.15, 0.2) is 51.6 Å². The van der Waals surface area contributed by atoms with E-state index in [0.29, 0.717) is 5.56 Å². The fraction of sp³-hybridized carbons (Fsp3) is 0.118. The molecule has 0 aliphatic carbocycles. The van der Waals surface area contributed by atoms with Crippen LogP contribution in [0, 0.1) is 0 Å². The lowest BCUT2D eigenvalue weighted by Crippen LogP contribution is -2.41. The van der Waals surface area contributed by atoms with Crippen molar-refractivity contribution in [2.75, 3.05) is 0 Å². The Morgan fingerprint density at radius 3 is 2.36 bits per heavy atom. The Morgan fingerprint density at radius 2 is 1.82 bits per heavy atom. The molecule has 0 spiro atoms. The second-order valence-electron chi connectivity index (χ2n) is 4.72. The Bertz CT molecular complexity index is 882. The Hall–Kier alpha value is -2.95. The van der Waals surface area contributed by atoms with E-state index >= 15 is 0 Å². The van der Waals surface area contributed by atoms with E-state index in [0.717, 1.165) is 6.08 Å². The molecule has 0 atom stereocenters. The van der Waals surface area contributed by atoms with Gasteiger partial charge in [-0.15, -0.1) is 0 Å². The van der Waals surface area contributed by atoms with E-state index in [4.69, 9.17) is 4.42 Å². The number of phenolic OH excluding ortho intramolecular Hbond substituents is 1. The summed E-state index contributed by atoms with van der Waals surface area (Å²) in [6.45, 7) is 3.06. The summed E-state index contributed by atoms with van der Waals surface area (Å²) in [5.74, 6) is -0.420. The van der Waals surface area contributed by atoms with Gasteiger partial charge in [0.1, 0.15) is 28.4 Å². The number of aliphatic hydroxyl groups is 2. The molecule has 1 aromatic heterocycles. The predicted molar refractivity (Wildman–Crippen MR) is 83.9 cm³/mol. The minimum atomic E-state index is -0.431. The zero-order valence-corrected chi connectivity index (χ0v) is 12.2. The number of benzene rings is 1. The molecular formula is C17H16O5. The van der Waals surface area contributed by atoms with Gasteiger partial charge in [0.15, 0.2) is 0 Å². The van der Waals surface area contributed by atoms with Gasteiger partial charge in [-0.25, -0.2) is 0 Å². The lowest BCUT2D eigenvalue weighted by molar-refractivity contribution is 0.409. The second kappa shape index (κ2) is 6.22. The number of aliphatic hydroxyl groups excluding tert-OH is 2. The van der Waals surface area contributed by atoms with Crippen molar-refractivity contribution in [3.63, 3.8) is 0 Å². The molecule has 1 aromatic carbocycles. The SMILES string of the molecule is C/C=c1/occ(-c2ccc(O)cc2)c(=O)/c1=C(O)/C=C(\C)O. The van der Waals surface area contributed by atoms with Gasteiger partial charge in [-0.05, 0) is 37.6 Å². The molecule has 1 heterocycles. The molecule has 0 aliphatic rings. The van der Waals surface area contributed by atoms with Crippen LogP contribution in [0.1, 0.15) is 13.8 Å². The first-order valence-corrected chi connectivity index (χ1v) is 6.62. The first-order valence-electron chi connectivity index (χ1n) is 6.62. The fourth-order valence-corrected chi connectivity index (χ4v) is 2.05. The van der Waals surface area contributed by atoms with Gasteiger partial charge in [-0.3, -0.25) is 4.79 Å². The summed E-state index contributed by atoms with van der Waals surface area (Å²) in [4.78, 5) is 12.6. The standard InChI is InChI=1S/C17H16O5/c1-3-15-16(14(20)8-10(2)18)17(21)13(9-22-15)11-4-6-12(19)7-5-11/h3-9,18-20H,1-2H3/b10-8+,15-3+,16-14-. The van der Waals surface area contributed by atoms with E-state index in [9.17, 15) is 20.1 Å². The minimum absolute atomic E-state index is 0.0264. The van der Waals surface area contributed by atoms with Crippen molar-refractivity contribution in [3.05, 3.63) is 63.2 Å². The average Bonchev–Trinajstić information content (AvgIpc) is 2.47. The van der Waals surface area contributed by atoms with Crippen LogP contribution in [0.3, 0.4) is 0 Å². The smallest absolute Gasteiger partial charge is 0.204 e. The zero-order chi connectivity index (χ0) is 16.3. The molecular weight excluding hydrogens is 284 g/mol. The summed E-state index contributed by atoms with van der Waals surface area (Å²) in [5, 5.41) is 28.6. The third-order valence-electron chi connectivity index (χ3n) is 3.06. The Balaban J connectivity index is 2.86. The van der Waals surface area contributed by atoms with Crippen molar-refractivity contribution in [1.29, 1.82) is 0 Å². The summed E-state index contributed by atoms with van der Waals surface area (Å²) >= 11 is 0. The van der Waals surface area contributed by atoms with Gasteiger partial charge in [-0.1, -0.05) is 12.1 Å². The fourth-order valence-electron chi connectivity index (χ4n) is 2.05. The third kappa shape index (κ3) is 3.03. The molecule has 0 fully saturated rings. The quantitative estimate of drug-likeness (QED) is 0.737. The first kappa shape index (κ1) is 15.4. The lowest BCUT2D eigenvalue weighted by atomic mass is 10.1. The van der Waals surface area contributed by atoms with Crippen molar-refractivity contribution in [3.8, 4) is 16.9 Å². The van der Waals surface area contributed by atoms with Crippen LogP contribution in [0.25, 0.3) is 23.0 Å². The second-order valence-corrected chi connectivity index (χ2v) is 4.72. The summed E-state index contributed by atoms with van der Waals surface area (Å²) in [5.41, 5.74) is 0.576. The minimum Gasteiger partial charge on any atom is -0.512 e. The summed E-state index contributed by atoms with van der Waals surface area (Å²) < 4.78 is 5.40. The average molecular weight is 300 g/mol. The maximum Gasteiger partial charge on any atom is 0.204 e. The van der Waals surface area contributed by atoms with Crippen molar-refractivity contribution in [2.24, 2.45) is 0 Å². The van der Waals surface area contributed by atoms with Crippen LogP contribution in [-0.4, -0.2) is 15.3 Å². The number of allylic oxidation sites excluding steroid dienone is 1. The maximum atomic E-state index is 12.6. The Kier molecular flexibility index (Phi) is 4.36. The molecule has 0 saturated heterocycles. The van der Waals surface area contributed by atoms with Crippen LogP contribution >= 0.6 is 0 Å². The van der Waals surface area contributed by atoms with Gasteiger partial charge < -0.3 is 19.7 Å². The summed E-state index contributed by atoms with van der Waals surface area (Å²) in [6, 6.07) is 6.06. The molecule has 22 heavy (non-hydrogen) atoms. The van der Waals surface area contributed by atoms with Crippen LogP contribution < -0.4 is 16.1 Å². The highest BCUT2D eigenvalue weighted by Gasteiger charge is 2.09. The van der Waals surface area contributed by atoms with E-state index in [1.54, 1.807) is 25.1 Å². The Morgan fingerprint density at radius 1 is 1.18 bits per heavy atom. The topological polar surface area (TPSA) is 90.9 Å². The van der Waals surface area contributed by atoms with Gasteiger partial charge in [0.05, 0.1) is 11.3 Å². The highest BCUT2D eigenvalue weighted by Crippen LogP contribution is 2.17. The van der Waals surface area contributed by atoms with Crippen molar-refractivity contribution in [1.82, 2.24) is 0 Å². The highest BCUT2D eigenvalue weighted by atomic mass is 16.3. The highest BCUT2D eigenvalue weighted by molar-refractivity contribution is 5.64. The van der Waals surface area contributed by atoms with Crippen LogP contribution in [0.4, 0.5) is 0 Å². The molecule has 114 valence electrons. The largest absolute Gasteiger partial charge is 0.512 e. The van der Waals surface area contributed by atoms with E-state index in [1.807, 2.05) is 0 Å². The van der Waals surface area contributed by atoms with Crippen molar-refractivity contribution in [2.45, 2.75) is 13.8 Å². The first-order chi connectivity index (χ1) is 10.4. The van der Waals surface area contributed by atoms with E-state index < -0.39 is 5.43 Å². The molecule has 0 amide bonds. The van der Waals surface area contributed by atoms with Gasteiger partial charge in [0.25, 0.3) is 0 Å². The molecule has 0 saturated carbocycles. The molecule has 0 unspecified atom stereocenters. The summed E-state index contributed by atoms with van der Waals surface area (Å²) in [7, 11) is 0. The van der Waals surface area contributed by atoms with Gasteiger partial charge >= 0.3 is 0 Å². The number of rotatable bonds is 2. The van der Waals surface area contributed by atoms with Crippen LogP contribution in [-0.2, 0) is 0 Å². The Labute approximate surface area is 126 Å². The van der Waals surface area contributed by atoms with E-state index in [-0.39, 0.29) is 33.5 Å². The molecule has 5 heteroatoms. The number of hydrogen-bond acceptors (Lipinski definition) is 5. The number of aromatic hydroxyl groups is 1. The zero-order valence-electron chi connectivity index (χ0n) is 12.2. The molecule has 0 bridgehead atoms. The molecule has 5 nitrogen and oxygen atoms in total. The van der Waals surface area contributed by atoms with Crippen LogP contribution in [0.2, 0.25) is 0 Å². The molecule has 2 aromatic rings. The third-order valence-corrected chi connectivity index (χ3v) is 3.06. The van der Waals surface area contributed by atoms with Gasteiger partial charge in [0.2, 0.25) is 5.43 Å². The van der Waals surface area contributed by atoms with Gasteiger partial charge in [-0.2, -0.15) is 0 Å². The van der Waals surface area contributed by atoms with E-state index in [2.05, 4.69) is 0 Å². The molecule has 0 aliphatic heterocycles. The number of phenols is 1. The molecule has 2 rings (SSSR count). The molecule has 3 N–H and O–H groups in total. The monoisotopic (exact) mass is 300 g/mol. The number of hydrogen-bond donors (Lipinski definition) is 3. The van der Waals surface area contributed by atoms with Crippen LogP contribution in [0.5, 0.6) is 5.75 Å². The van der Waals surface area contributed by atoms with Gasteiger partial charge in [0, 0.05) is 6.08 Å². The van der Waals surface area contributed by atoms with Crippen molar-refractivity contribution < 1.29 is 19.7 Å². The lowest BCUT2D eigenvalue weighted by Gasteiger charge is -2.02. The maximum absolute atomic E-state index is 12.6. The predicted octanol–water partition coefficient (Wildman–Crippen LogP) is 1.94. The normalized spacial score (nSPS) is 14.1.